The number of aryl methyl sites for hydroxylation is 1. The van der Waals surface area contributed by atoms with Crippen LogP contribution in [-0.2, 0) is 18.6 Å². The molecule has 0 fully saturated rings. The molecule has 0 bridgehead atoms. The molecule has 25 heavy (non-hydrogen) atoms. The number of hydrogen-bond donors (Lipinski definition) is 0. The third-order valence-corrected chi connectivity index (χ3v) is 6.56. The fourth-order valence-corrected chi connectivity index (χ4v) is 4.92. The molecule has 0 radical (unpaired) electrons. The van der Waals surface area contributed by atoms with E-state index < -0.39 is 0 Å². The molecule has 6 heteroatoms. The minimum Gasteiger partial charge on any atom is -0.497 e. The van der Waals surface area contributed by atoms with E-state index in [4.69, 9.17) is 9.15 Å². The lowest BCUT2D eigenvalue weighted by Gasteiger charge is -2.16. The van der Waals surface area contributed by atoms with E-state index in [2.05, 4.69) is 29.3 Å². The minimum absolute atomic E-state index is 0.609. The maximum Gasteiger partial charge on any atom is 0.277 e. The Kier molecular flexibility index (Phi) is 4.81. The van der Waals surface area contributed by atoms with Gasteiger partial charge in [0.25, 0.3) is 11.1 Å². The number of benzene rings is 1. The second-order valence-electron chi connectivity index (χ2n) is 6.42. The van der Waals surface area contributed by atoms with E-state index in [1.165, 1.54) is 28.8 Å². The van der Waals surface area contributed by atoms with E-state index in [0.717, 1.165) is 28.7 Å². The Morgan fingerprint density at radius 1 is 1.32 bits per heavy atom. The van der Waals surface area contributed by atoms with Crippen molar-refractivity contribution < 1.29 is 9.15 Å². The van der Waals surface area contributed by atoms with Crippen LogP contribution < -0.4 is 4.74 Å². The van der Waals surface area contributed by atoms with Gasteiger partial charge in [-0.2, -0.15) is 0 Å². The van der Waals surface area contributed by atoms with Crippen LogP contribution in [0.1, 0.15) is 29.3 Å². The lowest BCUT2D eigenvalue weighted by Crippen LogP contribution is -2.07. The lowest BCUT2D eigenvalue weighted by atomic mass is 9.90. The highest BCUT2D eigenvalue weighted by atomic mass is 32.2. The first-order valence-electron chi connectivity index (χ1n) is 8.42. The standard InChI is InChI=1S/C19H20N2O2S2/c1-12-6-7-16-14(8-12)10-17(25-16)18-20-21-19(23-18)24-11-13-4-3-5-15(9-13)22-2/h3-5,9-10,12H,6-8,11H2,1-2H3/t12-/m1/s1. The number of hydrogen-bond acceptors (Lipinski definition) is 6. The van der Waals surface area contributed by atoms with Gasteiger partial charge in [-0.05, 0) is 54.5 Å². The molecule has 0 unspecified atom stereocenters. The number of thiophene rings is 1. The zero-order valence-electron chi connectivity index (χ0n) is 14.3. The summed E-state index contributed by atoms with van der Waals surface area (Å²) in [5, 5.41) is 9.05. The van der Waals surface area contributed by atoms with E-state index in [1.54, 1.807) is 30.2 Å². The summed E-state index contributed by atoms with van der Waals surface area (Å²) < 4.78 is 11.1. The van der Waals surface area contributed by atoms with E-state index >= 15 is 0 Å². The van der Waals surface area contributed by atoms with Gasteiger partial charge in [-0.25, -0.2) is 0 Å². The van der Waals surface area contributed by atoms with E-state index in [-0.39, 0.29) is 0 Å². The molecule has 0 aliphatic heterocycles. The molecule has 1 atom stereocenters. The van der Waals surface area contributed by atoms with Crippen molar-refractivity contribution in [1.82, 2.24) is 10.2 Å². The van der Waals surface area contributed by atoms with Gasteiger partial charge in [0, 0.05) is 10.6 Å². The summed E-state index contributed by atoms with van der Waals surface area (Å²) >= 11 is 3.35. The third kappa shape index (κ3) is 3.75. The number of thioether (sulfide) groups is 1. The molecule has 130 valence electrons. The van der Waals surface area contributed by atoms with Gasteiger partial charge in [0.15, 0.2) is 0 Å². The second kappa shape index (κ2) is 7.22. The van der Waals surface area contributed by atoms with Crippen LogP contribution in [0.25, 0.3) is 10.8 Å². The van der Waals surface area contributed by atoms with Gasteiger partial charge < -0.3 is 9.15 Å². The Hall–Kier alpha value is -1.79. The van der Waals surface area contributed by atoms with E-state index in [9.17, 15) is 0 Å². The van der Waals surface area contributed by atoms with E-state index in [1.807, 2.05) is 18.2 Å². The van der Waals surface area contributed by atoms with Crippen LogP contribution in [0, 0.1) is 5.92 Å². The predicted octanol–water partition coefficient (Wildman–Crippen LogP) is 5.22. The van der Waals surface area contributed by atoms with Gasteiger partial charge >= 0.3 is 0 Å². The molecule has 1 aromatic carbocycles. The Balaban J connectivity index is 1.45. The molecule has 0 saturated carbocycles. The van der Waals surface area contributed by atoms with Crippen LogP contribution in [0.2, 0.25) is 0 Å². The summed E-state index contributed by atoms with van der Waals surface area (Å²) in [6, 6.07) is 10.3. The Morgan fingerprint density at radius 2 is 2.24 bits per heavy atom. The zero-order valence-corrected chi connectivity index (χ0v) is 16.0. The average molecular weight is 373 g/mol. The fourth-order valence-electron chi connectivity index (χ4n) is 3.09. The topological polar surface area (TPSA) is 48.2 Å². The maximum atomic E-state index is 5.87. The van der Waals surface area contributed by atoms with Gasteiger partial charge in [-0.1, -0.05) is 30.8 Å². The number of nitrogens with zero attached hydrogens (tertiary/aromatic N) is 2. The summed E-state index contributed by atoms with van der Waals surface area (Å²) in [6.07, 6.45) is 3.61. The highest BCUT2D eigenvalue weighted by Gasteiger charge is 2.21. The SMILES string of the molecule is COc1cccc(CSc2nnc(-c3cc4c(s3)CC[C@@H](C)C4)o2)c1. The van der Waals surface area contributed by atoms with E-state index in [0.29, 0.717) is 11.1 Å². The molecule has 0 amide bonds. The Bertz CT molecular complexity index is 872. The van der Waals surface area contributed by atoms with Crippen LogP contribution in [0.3, 0.4) is 0 Å². The first-order chi connectivity index (χ1) is 12.2. The van der Waals surface area contributed by atoms with Crippen LogP contribution in [0.4, 0.5) is 0 Å². The normalized spacial score (nSPS) is 16.6. The third-order valence-electron chi connectivity index (χ3n) is 4.44. The molecule has 4 nitrogen and oxygen atoms in total. The van der Waals surface area contributed by atoms with Crippen molar-refractivity contribution in [3.63, 3.8) is 0 Å². The van der Waals surface area contributed by atoms with Crippen molar-refractivity contribution in [2.45, 2.75) is 37.2 Å². The summed E-state index contributed by atoms with van der Waals surface area (Å²) in [7, 11) is 1.68. The molecule has 0 spiro atoms. The maximum absolute atomic E-state index is 5.87. The highest BCUT2D eigenvalue weighted by Crippen LogP contribution is 2.37. The molecule has 3 aromatic rings. The van der Waals surface area contributed by atoms with Gasteiger partial charge in [0.05, 0.1) is 12.0 Å². The van der Waals surface area contributed by atoms with Crippen molar-refractivity contribution >= 4 is 23.1 Å². The smallest absolute Gasteiger partial charge is 0.277 e. The molecule has 0 N–H and O–H groups in total. The average Bonchev–Trinajstić information content (AvgIpc) is 3.26. The Morgan fingerprint density at radius 3 is 3.12 bits per heavy atom. The van der Waals surface area contributed by atoms with Crippen LogP contribution in [-0.4, -0.2) is 17.3 Å². The van der Waals surface area contributed by atoms with Crippen LogP contribution >= 0.6 is 23.1 Å². The minimum atomic E-state index is 0.609. The molecule has 1 aliphatic carbocycles. The summed E-state index contributed by atoms with van der Waals surface area (Å²) in [4.78, 5) is 2.58. The van der Waals surface area contributed by atoms with Crippen molar-refractivity contribution in [1.29, 1.82) is 0 Å². The van der Waals surface area contributed by atoms with Crippen molar-refractivity contribution in [2.24, 2.45) is 5.92 Å². The number of ether oxygens (including phenoxy) is 1. The van der Waals surface area contributed by atoms with Crippen molar-refractivity contribution in [2.75, 3.05) is 7.11 Å². The predicted molar refractivity (Wildman–Crippen MR) is 101 cm³/mol. The lowest BCUT2D eigenvalue weighted by molar-refractivity contribution is 0.414. The first kappa shape index (κ1) is 16.7. The monoisotopic (exact) mass is 372 g/mol. The molecule has 0 saturated heterocycles. The molecule has 4 rings (SSSR count). The van der Waals surface area contributed by atoms with Gasteiger partial charge in [0.2, 0.25) is 0 Å². The molecule has 2 heterocycles. The molecule has 1 aliphatic rings. The second-order valence-corrected chi connectivity index (χ2v) is 8.48. The summed E-state index contributed by atoms with van der Waals surface area (Å²) in [6.45, 7) is 2.32. The van der Waals surface area contributed by atoms with Crippen LogP contribution in [0.15, 0.2) is 40.0 Å². The summed E-state index contributed by atoms with van der Waals surface area (Å²) in [5.41, 5.74) is 2.63. The number of aromatic nitrogens is 2. The molecule has 2 aromatic heterocycles. The van der Waals surface area contributed by atoms with Gasteiger partial charge in [-0.3, -0.25) is 0 Å². The van der Waals surface area contributed by atoms with Gasteiger partial charge in [-0.15, -0.1) is 21.5 Å². The number of fused-ring (bicyclic) bond motifs is 1. The van der Waals surface area contributed by atoms with Crippen molar-refractivity contribution in [3.05, 3.63) is 46.3 Å². The zero-order chi connectivity index (χ0) is 17.2. The number of rotatable bonds is 5. The van der Waals surface area contributed by atoms with Gasteiger partial charge in [0.1, 0.15) is 5.75 Å². The molecular formula is C19H20N2O2S2. The highest BCUT2D eigenvalue weighted by molar-refractivity contribution is 7.98. The number of methoxy groups -OCH3 is 1. The first-order valence-corrected chi connectivity index (χ1v) is 10.2. The summed E-state index contributed by atoms with van der Waals surface area (Å²) in [5.74, 6) is 3.05. The Labute approximate surface area is 155 Å². The quantitative estimate of drug-likeness (QED) is 0.574. The largest absolute Gasteiger partial charge is 0.497 e. The van der Waals surface area contributed by atoms with Crippen LogP contribution in [0.5, 0.6) is 5.75 Å². The fraction of sp³-hybridized carbons (Fsp3) is 0.368. The van der Waals surface area contributed by atoms with Crippen molar-refractivity contribution in [3.8, 4) is 16.5 Å². The molecular weight excluding hydrogens is 352 g/mol.